The van der Waals surface area contributed by atoms with E-state index in [-0.39, 0.29) is 0 Å². The Morgan fingerprint density at radius 1 is 1.31 bits per heavy atom. The van der Waals surface area contributed by atoms with E-state index < -0.39 is 10.0 Å². The van der Waals surface area contributed by atoms with Crippen molar-refractivity contribution in [1.82, 2.24) is 5.48 Å². The molecule has 0 aromatic heterocycles. The molecule has 0 saturated carbocycles. The third-order valence-electron chi connectivity index (χ3n) is 2.22. The lowest BCUT2D eigenvalue weighted by molar-refractivity contribution is 0.0867. The molecule has 0 bridgehead atoms. The van der Waals surface area contributed by atoms with E-state index in [1.54, 1.807) is 19.2 Å². The van der Waals surface area contributed by atoms with E-state index in [2.05, 4.69) is 5.48 Å². The first kappa shape index (κ1) is 13.0. The summed E-state index contributed by atoms with van der Waals surface area (Å²) >= 11 is 0. The zero-order chi connectivity index (χ0) is 12.2. The Morgan fingerprint density at radius 3 is 2.31 bits per heavy atom. The highest BCUT2D eigenvalue weighted by molar-refractivity contribution is 7.92. The van der Waals surface area contributed by atoms with E-state index in [0.29, 0.717) is 12.2 Å². The molecule has 0 fully saturated rings. The van der Waals surface area contributed by atoms with Gasteiger partial charge in [-0.3, -0.25) is 4.31 Å². The number of hydrogen-bond donors (Lipinski definition) is 1. The van der Waals surface area contributed by atoms with Crippen LogP contribution in [0.2, 0.25) is 0 Å². The molecule has 5 nitrogen and oxygen atoms in total. The van der Waals surface area contributed by atoms with E-state index in [0.717, 1.165) is 5.56 Å². The van der Waals surface area contributed by atoms with Crippen molar-refractivity contribution in [2.45, 2.75) is 6.54 Å². The topological polar surface area (TPSA) is 58.6 Å². The summed E-state index contributed by atoms with van der Waals surface area (Å²) < 4.78 is 23.8. The number of sulfonamides is 1. The third-order valence-corrected chi connectivity index (χ3v) is 3.42. The molecule has 0 unspecified atom stereocenters. The molecular weight excluding hydrogens is 228 g/mol. The average Bonchev–Trinajstić information content (AvgIpc) is 2.25. The first-order valence-corrected chi connectivity index (χ1v) is 6.58. The molecule has 0 saturated heterocycles. The molecule has 1 rings (SSSR count). The highest BCUT2D eigenvalue weighted by Crippen LogP contribution is 2.16. The van der Waals surface area contributed by atoms with Crippen LogP contribution in [0.4, 0.5) is 5.69 Å². The first-order chi connectivity index (χ1) is 7.45. The van der Waals surface area contributed by atoms with Crippen molar-refractivity contribution in [3.63, 3.8) is 0 Å². The summed E-state index contributed by atoms with van der Waals surface area (Å²) in [5.41, 5.74) is 4.37. The summed E-state index contributed by atoms with van der Waals surface area (Å²) in [6.45, 7) is 0.583. The van der Waals surface area contributed by atoms with Crippen LogP contribution in [0.5, 0.6) is 0 Å². The summed E-state index contributed by atoms with van der Waals surface area (Å²) in [5.74, 6) is 0. The first-order valence-electron chi connectivity index (χ1n) is 4.74. The van der Waals surface area contributed by atoms with Gasteiger partial charge in [0.1, 0.15) is 0 Å². The Labute approximate surface area is 96.0 Å². The van der Waals surface area contributed by atoms with Gasteiger partial charge in [0.05, 0.1) is 19.1 Å². The SMILES string of the molecule is CONCc1ccc(N(C)S(C)(=O)=O)cc1. The average molecular weight is 244 g/mol. The second-order valence-electron chi connectivity index (χ2n) is 3.42. The smallest absolute Gasteiger partial charge is 0.231 e. The standard InChI is InChI=1S/C10H16N2O3S/c1-12(16(3,13)14)10-6-4-9(5-7-10)8-11-15-2/h4-7,11H,8H2,1-3H3. The highest BCUT2D eigenvalue weighted by atomic mass is 32.2. The molecule has 1 N–H and O–H groups in total. The predicted molar refractivity (Wildman–Crippen MR) is 63.5 cm³/mol. The molecule has 0 atom stereocenters. The van der Waals surface area contributed by atoms with Gasteiger partial charge in [-0.05, 0) is 17.7 Å². The van der Waals surface area contributed by atoms with Crippen LogP contribution in [-0.4, -0.2) is 28.8 Å². The Morgan fingerprint density at radius 2 is 1.88 bits per heavy atom. The van der Waals surface area contributed by atoms with E-state index in [1.165, 1.54) is 17.6 Å². The van der Waals surface area contributed by atoms with Crippen LogP contribution >= 0.6 is 0 Å². The Bertz CT molecular complexity index is 428. The number of hydroxylamine groups is 1. The molecule has 1 aromatic carbocycles. The monoisotopic (exact) mass is 244 g/mol. The quantitative estimate of drug-likeness (QED) is 0.776. The number of nitrogens with zero attached hydrogens (tertiary/aromatic N) is 1. The molecule has 0 heterocycles. The van der Waals surface area contributed by atoms with Crippen LogP contribution in [-0.2, 0) is 21.4 Å². The minimum absolute atomic E-state index is 0.583. The van der Waals surface area contributed by atoms with Gasteiger partial charge in [-0.25, -0.2) is 8.42 Å². The molecule has 16 heavy (non-hydrogen) atoms. The zero-order valence-corrected chi connectivity index (χ0v) is 10.4. The second kappa shape index (κ2) is 5.29. The summed E-state index contributed by atoms with van der Waals surface area (Å²) in [7, 11) is -0.120. The highest BCUT2D eigenvalue weighted by Gasteiger charge is 2.10. The van der Waals surface area contributed by atoms with Crippen LogP contribution in [0.3, 0.4) is 0 Å². The molecule has 0 spiro atoms. The normalized spacial score (nSPS) is 11.4. The van der Waals surface area contributed by atoms with Crippen molar-refractivity contribution in [3.05, 3.63) is 29.8 Å². The Hall–Kier alpha value is -1.11. The van der Waals surface area contributed by atoms with Crippen molar-refractivity contribution >= 4 is 15.7 Å². The van der Waals surface area contributed by atoms with Gasteiger partial charge in [0, 0.05) is 13.6 Å². The van der Waals surface area contributed by atoms with Gasteiger partial charge in [0.25, 0.3) is 0 Å². The number of hydrogen-bond acceptors (Lipinski definition) is 4. The van der Waals surface area contributed by atoms with Crippen molar-refractivity contribution in [3.8, 4) is 0 Å². The van der Waals surface area contributed by atoms with Gasteiger partial charge in [0.2, 0.25) is 10.0 Å². The molecule has 0 amide bonds. The van der Waals surface area contributed by atoms with E-state index in [9.17, 15) is 8.42 Å². The molecular formula is C10H16N2O3S. The molecule has 0 aliphatic rings. The van der Waals surface area contributed by atoms with Crippen molar-refractivity contribution < 1.29 is 13.3 Å². The maximum Gasteiger partial charge on any atom is 0.231 e. The van der Waals surface area contributed by atoms with Crippen LogP contribution in [0.1, 0.15) is 5.56 Å². The van der Waals surface area contributed by atoms with Gasteiger partial charge in [-0.15, -0.1) is 0 Å². The molecule has 0 radical (unpaired) electrons. The lowest BCUT2D eigenvalue weighted by atomic mass is 10.2. The second-order valence-corrected chi connectivity index (χ2v) is 5.44. The number of benzene rings is 1. The zero-order valence-electron chi connectivity index (χ0n) is 9.60. The molecule has 0 aliphatic heterocycles. The maximum atomic E-state index is 11.3. The summed E-state index contributed by atoms with van der Waals surface area (Å²) in [6.07, 6.45) is 1.17. The van der Waals surface area contributed by atoms with Gasteiger partial charge in [-0.2, -0.15) is 5.48 Å². The fourth-order valence-corrected chi connectivity index (χ4v) is 1.68. The fourth-order valence-electron chi connectivity index (χ4n) is 1.17. The van der Waals surface area contributed by atoms with Gasteiger partial charge in [0.15, 0.2) is 0 Å². The number of anilines is 1. The number of nitrogens with one attached hydrogen (secondary N) is 1. The van der Waals surface area contributed by atoms with E-state index >= 15 is 0 Å². The van der Waals surface area contributed by atoms with Crippen LogP contribution in [0.25, 0.3) is 0 Å². The maximum absolute atomic E-state index is 11.3. The van der Waals surface area contributed by atoms with Crippen LogP contribution in [0, 0.1) is 0 Å². The molecule has 0 aliphatic carbocycles. The number of rotatable bonds is 5. The van der Waals surface area contributed by atoms with Crippen molar-refractivity contribution in [2.24, 2.45) is 0 Å². The van der Waals surface area contributed by atoms with Gasteiger partial charge in [-0.1, -0.05) is 12.1 Å². The van der Waals surface area contributed by atoms with Crippen molar-refractivity contribution in [2.75, 3.05) is 24.7 Å². The summed E-state index contributed by atoms with van der Waals surface area (Å²) in [4.78, 5) is 4.72. The van der Waals surface area contributed by atoms with Crippen molar-refractivity contribution in [1.29, 1.82) is 0 Å². The molecule has 6 heteroatoms. The van der Waals surface area contributed by atoms with E-state index in [1.807, 2.05) is 12.1 Å². The van der Waals surface area contributed by atoms with Crippen LogP contribution in [0.15, 0.2) is 24.3 Å². The Balaban J connectivity index is 2.79. The molecule has 1 aromatic rings. The minimum atomic E-state index is -3.19. The van der Waals surface area contributed by atoms with Gasteiger partial charge >= 0.3 is 0 Å². The lowest BCUT2D eigenvalue weighted by Crippen LogP contribution is -2.24. The van der Waals surface area contributed by atoms with E-state index in [4.69, 9.17) is 4.84 Å². The third kappa shape index (κ3) is 3.48. The summed E-state index contributed by atoms with van der Waals surface area (Å²) in [6, 6.07) is 7.22. The fraction of sp³-hybridized carbons (Fsp3) is 0.400. The lowest BCUT2D eigenvalue weighted by Gasteiger charge is -2.16. The Kier molecular flexibility index (Phi) is 4.28. The minimum Gasteiger partial charge on any atom is -0.305 e. The molecule has 90 valence electrons. The van der Waals surface area contributed by atoms with Gasteiger partial charge < -0.3 is 4.84 Å². The largest absolute Gasteiger partial charge is 0.305 e. The summed E-state index contributed by atoms with van der Waals surface area (Å²) in [5, 5.41) is 0. The van der Waals surface area contributed by atoms with Crippen LogP contribution < -0.4 is 9.79 Å². The predicted octanol–water partition coefficient (Wildman–Crippen LogP) is 0.733.